The number of hydrogen-bond acceptors (Lipinski definition) is 4. The van der Waals surface area contributed by atoms with Crippen LogP contribution in [-0.2, 0) is 10.6 Å². The lowest BCUT2D eigenvalue weighted by Gasteiger charge is -2.15. The number of carbonyl (C=O) groups is 1. The molecule has 0 aromatic carbocycles. The van der Waals surface area contributed by atoms with Gasteiger partial charge < -0.3 is 9.47 Å². The monoisotopic (exact) mass is 319 g/mol. The summed E-state index contributed by atoms with van der Waals surface area (Å²) in [7, 11) is 0.858. The van der Waals surface area contributed by atoms with E-state index in [1.165, 1.54) is 0 Å². The van der Waals surface area contributed by atoms with Gasteiger partial charge in [-0.1, -0.05) is 0 Å². The quantitative estimate of drug-likeness (QED) is 0.484. The molecule has 1 aromatic rings. The van der Waals surface area contributed by atoms with E-state index in [2.05, 4.69) is 14.5 Å². The summed E-state index contributed by atoms with van der Waals surface area (Å²) in [5.41, 5.74) is -2.37. The van der Waals surface area contributed by atoms with Gasteiger partial charge in [0.15, 0.2) is 11.4 Å². The molecule has 0 N–H and O–H groups in total. The molecule has 4 nitrogen and oxygen atoms in total. The first-order valence-corrected chi connectivity index (χ1v) is 5.45. The van der Waals surface area contributed by atoms with Crippen LogP contribution in [0.25, 0.3) is 0 Å². The molecule has 0 amide bonds. The zero-order chi connectivity index (χ0) is 15.5. The Hall–Kier alpha value is -1.64. The lowest BCUT2D eigenvalue weighted by atomic mass is 10.1. The van der Waals surface area contributed by atoms with Crippen LogP contribution < -0.4 is 4.74 Å². The molecule has 0 saturated heterocycles. The molecule has 0 saturated carbocycles. The van der Waals surface area contributed by atoms with Crippen LogP contribution in [0.1, 0.15) is 28.2 Å². The zero-order valence-corrected chi connectivity index (χ0v) is 10.6. The predicted octanol–water partition coefficient (Wildman–Crippen LogP) is 3.44. The molecule has 10 heteroatoms. The van der Waals surface area contributed by atoms with Gasteiger partial charge in [0.25, 0.3) is 6.43 Å². The van der Waals surface area contributed by atoms with Gasteiger partial charge in [0.1, 0.15) is 5.69 Å². The summed E-state index contributed by atoms with van der Waals surface area (Å²) in [5.74, 6) is -2.99. The number of hydrogen-bond donors (Lipinski definition) is 0. The Kier molecular flexibility index (Phi) is 5.09. The average molecular weight is 320 g/mol. The summed E-state index contributed by atoms with van der Waals surface area (Å²) in [6.45, 7) is 0. The Bertz CT molecular complexity index is 506. The molecule has 112 valence electrons. The summed E-state index contributed by atoms with van der Waals surface area (Å²) in [6.07, 6.45) is -8.24. The molecular formula is C10H7ClF5NO3. The highest BCUT2D eigenvalue weighted by molar-refractivity contribution is 6.17. The van der Waals surface area contributed by atoms with E-state index in [0.717, 1.165) is 7.11 Å². The topological polar surface area (TPSA) is 48.4 Å². The average Bonchev–Trinajstić information content (AvgIpc) is 2.35. The van der Waals surface area contributed by atoms with Crippen LogP contribution in [0.15, 0.2) is 6.07 Å². The number of carbonyl (C=O) groups excluding carboxylic acids is 1. The van der Waals surface area contributed by atoms with Crippen LogP contribution in [0.3, 0.4) is 0 Å². The van der Waals surface area contributed by atoms with Crippen molar-refractivity contribution in [3.05, 3.63) is 23.0 Å². The molecule has 1 rings (SSSR count). The number of pyridine rings is 1. The van der Waals surface area contributed by atoms with E-state index in [9.17, 15) is 26.7 Å². The maximum atomic E-state index is 12.6. The maximum absolute atomic E-state index is 12.6. The number of rotatable bonds is 4. The minimum atomic E-state index is -5.14. The fraction of sp³-hybridized carbons (Fsp3) is 0.400. The van der Waals surface area contributed by atoms with Crippen molar-refractivity contribution in [3.63, 3.8) is 0 Å². The van der Waals surface area contributed by atoms with Crippen molar-refractivity contribution in [3.8, 4) is 5.75 Å². The molecule has 0 radical (unpaired) electrons. The van der Waals surface area contributed by atoms with Crippen LogP contribution in [0.2, 0.25) is 0 Å². The summed E-state index contributed by atoms with van der Waals surface area (Å²) < 4.78 is 69.8. The van der Waals surface area contributed by atoms with Gasteiger partial charge in [-0.25, -0.2) is 18.6 Å². The first-order chi connectivity index (χ1) is 9.19. The van der Waals surface area contributed by atoms with Gasteiger partial charge >= 0.3 is 12.3 Å². The molecule has 0 fully saturated rings. The zero-order valence-electron chi connectivity index (χ0n) is 9.80. The lowest BCUT2D eigenvalue weighted by molar-refractivity contribution is -0.275. The Balaban J connectivity index is 3.48. The highest BCUT2D eigenvalue weighted by Gasteiger charge is 2.35. The maximum Gasteiger partial charge on any atom is 0.573 e. The van der Waals surface area contributed by atoms with Gasteiger partial charge in [0.2, 0.25) is 0 Å². The van der Waals surface area contributed by atoms with Gasteiger partial charge in [-0.15, -0.1) is 24.8 Å². The lowest BCUT2D eigenvalue weighted by Crippen LogP contribution is -2.21. The molecule has 0 aliphatic heterocycles. The highest BCUT2D eigenvalue weighted by Crippen LogP contribution is 2.33. The van der Waals surface area contributed by atoms with Crippen LogP contribution in [0, 0.1) is 0 Å². The van der Waals surface area contributed by atoms with Crippen LogP contribution in [0.4, 0.5) is 22.0 Å². The highest BCUT2D eigenvalue weighted by atomic mass is 35.5. The fourth-order valence-corrected chi connectivity index (χ4v) is 1.48. The van der Waals surface area contributed by atoms with Crippen molar-refractivity contribution in [1.29, 1.82) is 0 Å². The minimum Gasteiger partial charge on any atom is -0.464 e. The normalized spacial score (nSPS) is 11.6. The van der Waals surface area contributed by atoms with Crippen molar-refractivity contribution < 1.29 is 36.2 Å². The Morgan fingerprint density at radius 3 is 2.45 bits per heavy atom. The third-order valence-electron chi connectivity index (χ3n) is 2.03. The van der Waals surface area contributed by atoms with Crippen LogP contribution in [0.5, 0.6) is 5.75 Å². The second kappa shape index (κ2) is 6.21. The van der Waals surface area contributed by atoms with E-state index in [0.29, 0.717) is 6.07 Å². The first kappa shape index (κ1) is 16.4. The number of nitrogens with zero attached hydrogens (tertiary/aromatic N) is 1. The Morgan fingerprint density at radius 1 is 1.45 bits per heavy atom. The SMILES string of the molecule is COC(=O)c1nc(C(F)F)cc(CCl)c1OC(F)(F)F. The fourth-order valence-electron chi connectivity index (χ4n) is 1.28. The van der Waals surface area contributed by atoms with E-state index in [4.69, 9.17) is 11.6 Å². The van der Waals surface area contributed by atoms with E-state index in [1.807, 2.05) is 0 Å². The van der Waals surface area contributed by atoms with E-state index in [1.54, 1.807) is 0 Å². The second-order valence-corrected chi connectivity index (χ2v) is 3.62. The number of alkyl halides is 6. The van der Waals surface area contributed by atoms with E-state index in [-0.39, 0.29) is 0 Å². The molecule has 0 aliphatic rings. The Morgan fingerprint density at radius 2 is 2.05 bits per heavy atom. The molecule has 0 atom stereocenters. The van der Waals surface area contributed by atoms with Crippen molar-refractivity contribution in [2.45, 2.75) is 18.7 Å². The number of aromatic nitrogens is 1. The summed E-state index contributed by atoms with van der Waals surface area (Å²) in [5, 5.41) is 0. The van der Waals surface area contributed by atoms with Crippen molar-refractivity contribution in [1.82, 2.24) is 4.98 Å². The van der Waals surface area contributed by atoms with Gasteiger partial charge in [0.05, 0.1) is 13.0 Å². The summed E-state index contributed by atoms with van der Waals surface area (Å²) in [6, 6.07) is 0.630. The molecule has 1 heterocycles. The molecule has 0 aliphatic carbocycles. The third-order valence-corrected chi connectivity index (χ3v) is 2.32. The largest absolute Gasteiger partial charge is 0.573 e. The third kappa shape index (κ3) is 3.92. The van der Waals surface area contributed by atoms with E-state index < -0.39 is 47.3 Å². The molecule has 0 unspecified atom stereocenters. The van der Waals surface area contributed by atoms with Gasteiger partial charge in [-0.3, -0.25) is 0 Å². The molecule has 0 bridgehead atoms. The number of halogens is 6. The number of methoxy groups -OCH3 is 1. The smallest absolute Gasteiger partial charge is 0.464 e. The minimum absolute atomic E-state index is 0.449. The standard InChI is InChI=1S/C10H7ClF5NO3/c1-19-9(18)6-7(20-10(14,15)16)4(3-11)2-5(17-6)8(12)13/h2,8H,3H2,1H3. The summed E-state index contributed by atoms with van der Waals surface area (Å²) in [4.78, 5) is 14.5. The summed E-state index contributed by atoms with van der Waals surface area (Å²) >= 11 is 5.39. The van der Waals surface area contributed by atoms with Gasteiger partial charge in [0, 0.05) is 5.56 Å². The van der Waals surface area contributed by atoms with Crippen molar-refractivity contribution in [2.24, 2.45) is 0 Å². The van der Waals surface area contributed by atoms with Crippen LogP contribution in [-0.4, -0.2) is 24.4 Å². The molecule has 1 aromatic heterocycles. The molecule has 0 spiro atoms. The molecule has 20 heavy (non-hydrogen) atoms. The second-order valence-electron chi connectivity index (χ2n) is 3.36. The van der Waals surface area contributed by atoms with Gasteiger partial charge in [-0.2, -0.15) is 0 Å². The predicted molar refractivity (Wildman–Crippen MR) is 56.8 cm³/mol. The first-order valence-electron chi connectivity index (χ1n) is 4.91. The van der Waals surface area contributed by atoms with Crippen LogP contribution >= 0.6 is 11.6 Å². The van der Waals surface area contributed by atoms with Gasteiger partial charge in [-0.05, 0) is 6.07 Å². The van der Waals surface area contributed by atoms with Crippen molar-refractivity contribution >= 4 is 17.6 Å². The molecular weight excluding hydrogens is 313 g/mol. The number of esters is 1. The van der Waals surface area contributed by atoms with E-state index >= 15 is 0 Å². The number of ether oxygens (including phenoxy) is 2. The Labute approximate surface area is 114 Å². The van der Waals surface area contributed by atoms with Crippen molar-refractivity contribution in [2.75, 3.05) is 7.11 Å².